The molecule has 61 heavy (non-hydrogen) atoms. The Hall–Kier alpha value is -5.56. The number of anilines is 8. The van der Waals surface area contributed by atoms with E-state index in [1.54, 1.807) is 0 Å². The van der Waals surface area contributed by atoms with Gasteiger partial charge in [0, 0.05) is 22.7 Å². The average Bonchev–Trinajstić information content (AvgIpc) is 3.19. The number of nitrogens with one attached hydrogen (secondary N) is 4. The first-order chi connectivity index (χ1) is 29.4. The van der Waals surface area contributed by atoms with E-state index in [2.05, 4.69) is 81.1 Å². The molecule has 0 aliphatic heterocycles. The molecule has 4 N–H and O–H groups in total. The van der Waals surface area contributed by atoms with Crippen molar-refractivity contribution < 1.29 is 0 Å². The van der Waals surface area contributed by atoms with Gasteiger partial charge in [0.25, 0.3) is 0 Å². The molecule has 0 bridgehead atoms. The molecule has 0 radical (unpaired) electrons. The molecule has 4 aromatic heterocycles. The van der Waals surface area contributed by atoms with Gasteiger partial charge in [-0.1, -0.05) is 48.5 Å². The van der Waals surface area contributed by atoms with Gasteiger partial charge in [0.2, 0.25) is 66.1 Å². The van der Waals surface area contributed by atoms with E-state index in [-0.39, 0.29) is 66.1 Å². The minimum atomic E-state index is -1.01. The van der Waals surface area contributed by atoms with Crippen LogP contribution in [0, 0.1) is 0 Å². The summed E-state index contributed by atoms with van der Waals surface area (Å²) in [5.41, 5.74) is 5.01. The van der Waals surface area contributed by atoms with Crippen LogP contribution in [-0.4, -0.2) is 59.8 Å². The minimum Gasteiger partial charge on any atom is -0.324 e. The predicted octanol–water partition coefficient (Wildman–Crippen LogP) is 11.0. The molecular weight excluding hydrogens is 952 g/mol. The van der Waals surface area contributed by atoms with E-state index in [0.717, 1.165) is 22.3 Å². The van der Waals surface area contributed by atoms with Crippen LogP contribution in [0.15, 0.2) is 97.1 Å². The lowest BCUT2D eigenvalue weighted by molar-refractivity contribution is 0.745. The highest BCUT2D eigenvalue weighted by atomic mass is 35.5. The molecule has 0 unspecified atom stereocenters. The molecule has 24 heteroatoms. The molecule has 8 rings (SSSR count). The van der Waals surface area contributed by atoms with E-state index in [1.807, 2.05) is 97.1 Å². The zero-order valence-corrected chi connectivity index (χ0v) is 36.2. The summed E-state index contributed by atoms with van der Waals surface area (Å²) in [6, 6.07) is 30.9. The van der Waals surface area contributed by atoms with Gasteiger partial charge in [-0.25, -0.2) is 0 Å². The smallest absolute Gasteiger partial charge is 0.232 e. The Bertz CT molecular complexity index is 2380. The van der Waals surface area contributed by atoms with Gasteiger partial charge in [-0.2, -0.15) is 59.8 Å². The highest BCUT2D eigenvalue weighted by Gasteiger charge is 2.38. The number of benzene rings is 4. The lowest BCUT2D eigenvalue weighted by Gasteiger charge is -2.37. The predicted molar refractivity (Wildman–Crippen MR) is 237 cm³/mol. The molecule has 304 valence electrons. The van der Waals surface area contributed by atoms with Crippen molar-refractivity contribution in [2.45, 2.75) is 5.41 Å². The SMILES string of the molecule is Clc1nc(Cl)nc(Nc2ccc(C(c3ccc(Nc4nc(Cl)nc(Cl)n4)cc3)(c3ccc(Nc4nc(Cl)nc(Cl)n4)cc3)c3ccc(Nc4nc(Cl)nc(Cl)n4)cc3)cc2)n1. The van der Waals surface area contributed by atoms with Gasteiger partial charge in [0.1, 0.15) is 0 Å². The maximum atomic E-state index is 6.05. The van der Waals surface area contributed by atoms with E-state index in [4.69, 9.17) is 92.8 Å². The normalized spacial score (nSPS) is 11.3. The summed E-state index contributed by atoms with van der Waals surface area (Å²) in [5, 5.41) is 12.1. The van der Waals surface area contributed by atoms with Crippen molar-refractivity contribution in [1.29, 1.82) is 0 Å². The van der Waals surface area contributed by atoms with Gasteiger partial charge in [-0.15, -0.1) is 0 Å². The second kappa shape index (κ2) is 18.2. The molecule has 0 atom stereocenters. The van der Waals surface area contributed by atoms with Gasteiger partial charge >= 0.3 is 0 Å². The van der Waals surface area contributed by atoms with Crippen molar-refractivity contribution in [1.82, 2.24) is 59.8 Å². The molecule has 0 spiro atoms. The summed E-state index contributed by atoms with van der Waals surface area (Å²) in [6.45, 7) is 0. The Morgan fingerprint density at radius 2 is 0.410 bits per heavy atom. The standard InChI is InChI=1S/C37H20Cl8N16/c38-25-50-26(39)55-33(54-25)46-21-9-1-17(2-10-21)37(18-3-11-22(12-4-18)47-34-56-27(40)51-28(41)57-34,19-5-13-23(14-6-19)48-35-58-29(42)52-30(43)59-35)20-7-15-24(16-8-20)49-36-60-31(44)53-32(45)61-36/h1-16H,(H,46,50,54,55)(H,47,51,56,57)(H,48,52,58,59)(H,49,53,60,61). The number of hydrogen-bond acceptors (Lipinski definition) is 16. The molecule has 0 saturated carbocycles. The van der Waals surface area contributed by atoms with Crippen LogP contribution in [0.4, 0.5) is 46.5 Å². The Morgan fingerprint density at radius 1 is 0.246 bits per heavy atom. The minimum absolute atomic E-state index is 0.0583. The molecule has 4 heterocycles. The molecule has 8 aromatic rings. The second-order valence-electron chi connectivity index (χ2n) is 12.3. The number of aromatic nitrogens is 12. The van der Waals surface area contributed by atoms with Crippen LogP contribution in [0.2, 0.25) is 42.3 Å². The van der Waals surface area contributed by atoms with E-state index >= 15 is 0 Å². The van der Waals surface area contributed by atoms with Crippen molar-refractivity contribution in [2.24, 2.45) is 0 Å². The topological polar surface area (TPSA) is 203 Å². The molecule has 0 saturated heterocycles. The van der Waals surface area contributed by atoms with Crippen LogP contribution >= 0.6 is 92.8 Å². The van der Waals surface area contributed by atoms with Crippen LogP contribution in [0.5, 0.6) is 0 Å². The average molecular weight is 972 g/mol. The third kappa shape index (κ3) is 9.99. The van der Waals surface area contributed by atoms with Crippen LogP contribution in [0.25, 0.3) is 0 Å². The largest absolute Gasteiger partial charge is 0.324 e. The summed E-state index contributed by atoms with van der Waals surface area (Å²) in [4.78, 5) is 48.4. The van der Waals surface area contributed by atoms with E-state index in [1.165, 1.54) is 0 Å². The van der Waals surface area contributed by atoms with E-state index < -0.39 is 5.41 Å². The van der Waals surface area contributed by atoms with Crippen LogP contribution < -0.4 is 21.3 Å². The number of nitrogens with zero attached hydrogens (tertiary/aromatic N) is 12. The van der Waals surface area contributed by atoms with Gasteiger partial charge in [-0.05, 0) is 164 Å². The lowest BCUT2D eigenvalue weighted by atomic mass is 9.65. The first kappa shape index (κ1) is 42.1. The summed E-state index contributed by atoms with van der Waals surface area (Å²) >= 11 is 48.4. The molecular formula is C37H20Cl8N16. The summed E-state index contributed by atoms with van der Waals surface area (Å²) in [5.74, 6) is 0.669. The van der Waals surface area contributed by atoms with Crippen LogP contribution in [0.3, 0.4) is 0 Å². The van der Waals surface area contributed by atoms with Crippen molar-refractivity contribution in [3.63, 3.8) is 0 Å². The molecule has 0 aliphatic rings. The molecule has 0 fully saturated rings. The number of halogens is 8. The van der Waals surface area contributed by atoms with Crippen LogP contribution in [-0.2, 0) is 5.41 Å². The van der Waals surface area contributed by atoms with E-state index in [0.29, 0.717) is 22.7 Å². The fourth-order valence-electron chi connectivity index (χ4n) is 6.26. The monoisotopic (exact) mass is 968 g/mol. The zero-order valence-electron chi connectivity index (χ0n) is 30.1. The number of rotatable bonds is 12. The fourth-order valence-corrected chi connectivity index (χ4v) is 7.71. The van der Waals surface area contributed by atoms with Crippen molar-refractivity contribution in [3.05, 3.63) is 162 Å². The third-order valence-corrected chi connectivity index (χ3v) is 9.97. The van der Waals surface area contributed by atoms with Crippen molar-refractivity contribution in [2.75, 3.05) is 21.3 Å². The summed E-state index contributed by atoms with van der Waals surface area (Å²) in [6.07, 6.45) is 0. The number of hydrogen-bond donors (Lipinski definition) is 4. The second-order valence-corrected chi connectivity index (χ2v) is 15.1. The first-order valence-corrected chi connectivity index (χ1v) is 20.2. The zero-order chi connectivity index (χ0) is 42.7. The third-order valence-electron chi connectivity index (χ3n) is 8.62. The molecule has 16 nitrogen and oxygen atoms in total. The molecule has 0 aliphatic carbocycles. The summed E-state index contributed by atoms with van der Waals surface area (Å²) in [7, 11) is 0. The Labute approximate surface area is 384 Å². The Kier molecular flexibility index (Phi) is 12.6. The van der Waals surface area contributed by atoms with Gasteiger partial charge < -0.3 is 21.3 Å². The highest BCUT2D eigenvalue weighted by Crippen LogP contribution is 2.46. The fraction of sp³-hybridized carbons (Fsp3) is 0.0270. The van der Waals surface area contributed by atoms with Crippen LogP contribution in [0.1, 0.15) is 22.3 Å². The first-order valence-electron chi connectivity index (χ1n) is 17.2. The lowest BCUT2D eigenvalue weighted by Crippen LogP contribution is -2.31. The molecule has 4 aromatic carbocycles. The van der Waals surface area contributed by atoms with Gasteiger partial charge in [0.15, 0.2) is 0 Å². The quantitative estimate of drug-likeness (QED) is 0.0841. The maximum Gasteiger partial charge on any atom is 0.232 e. The maximum absolute atomic E-state index is 6.05. The van der Waals surface area contributed by atoms with Crippen molar-refractivity contribution in [3.8, 4) is 0 Å². The highest BCUT2D eigenvalue weighted by molar-refractivity contribution is 6.32. The summed E-state index contributed by atoms with van der Waals surface area (Å²) < 4.78 is 0. The van der Waals surface area contributed by atoms with Crippen molar-refractivity contribution >= 4 is 139 Å². The van der Waals surface area contributed by atoms with Gasteiger partial charge in [0.05, 0.1) is 5.41 Å². The molecule has 0 amide bonds. The Balaban J connectivity index is 1.26. The Morgan fingerprint density at radius 3 is 0.574 bits per heavy atom. The van der Waals surface area contributed by atoms with Gasteiger partial charge in [-0.3, -0.25) is 0 Å². The van der Waals surface area contributed by atoms with E-state index in [9.17, 15) is 0 Å².